The van der Waals surface area contributed by atoms with Gasteiger partial charge >= 0.3 is 0 Å². The first-order valence-corrected chi connectivity index (χ1v) is 6.27. The molecule has 1 aliphatic carbocycles. The van der Waals surface area contributed by atoms with Crippen LogP contribution in [0.1, 0.15) is 25.7 Å². The van der Waals surface area contributed by atoms with Crippen LogP contribution in [0.15, 0.2) is 35.4 Å². The number of carbonyl (C=O) groups is 1. The van der Waals surface area contributed by atoms with E-state index in [2.05, 4.69) is 11.4 Å². The molecule has 3 nitrogen and oxygen atoms in total. The van der Waals surface area contributed by atoms with Crippen LogP contribution < -0.4 is 5.32 Å². The molecule has 0 aromatic heterocycles. The fraction of sp³-hybridized carbons (Fsp3) is 0.286. The number of amides is 1. The molecule has 1 N–H and O–H groups in total. The number of nitriles is 1. The summed E-state index contributed by atoms with van der Waals surface area (Å²) in [6, 6.07) is 9.06. The van der Waals surface area contributed by atoms with E-state index in [9.17, 15) is 4.79 Å². The van der Waals surface area contributed by atoms with Crippen molar-refractivity contribution in [3.8, 4) is 6.07 Å². The highest BCUT2D eigenvalue weighted by Crippen LogP contribution is 2.25. The smallest absolute Gasteiger partial charge is 0.252 e. The third-order valence-electron chi connectivity index (χ3n) is 2.98. The Morgan fingerprint density at radius 3 is 2.56 bits per heavy atom. The molecule has 18 heavy (non-hydrogen) atoms. The van der Waals surface area contributed by atoms with Gasteiger partial charge < -0.3 is 5.32 Å². The highest BCUT2D eigenvalue weighted by Gasteiger charge is 2.18. The van der Waals surface area contributed by atoms with Gasteiger partial charge in [-0.3, -0.25) is 4.79 Å². The minimum absolute atomic E-state index is 0.173. The maximum absolute atomic E-state index is 12.1. The Bertz CT molecular complexity index is 526. The van der Waals surface area contributed by atoms with Crippen molar-refractivity contribution in [2.24, 2.45) is 0 Å². The molecular formula is C14H13ClN2O. The number of halogens is 1. The lowest BCUT2D eigenvalue weighted by Crippen LogP contribution is -2.18. The highest BCUT2D eigenvalue weighted by atomic mass is 35.5. The highest BCUT2D eigenvalue weighted by molar-refractivity contribution is 6.30. The van der Waals surface area contributed by atoms with Crippen molar-refractivity contribution < 1.29 is 4.79 Å². The molecule has 0 heterocycles. The largest absolute Gasteiger partial charge is 0.322 e. The van der Waals surface area contributed by atoms with Gasteiger partial charge in [-0.2, -0.15) is 5.26 Å². The van der Waals surface area contributed by atoms with Crippen molar-refractivity contribution in [1.29, 1.82) is 5.26 Å². The first kappa shape index (κ1) is 12.7. The van der Waals surface area contributed by atoms with E-state index in [-0.39, 0.29) is 5.91 Å². The Balaban J connectivity index is 2.15. The standard InChI is InChI=1S/C14H13ClN2O/c15-11-5-7-12(8-6-11)17-14(18)13-4-2-1-3-10(13)9-16/h5-8H,1-4H2,(H,17,18). The molecule has 0 spiro atoms. The molecule has 2 rings (SSSR count). The average Bonchev–Trinajstić information content (AvgIpc) is 2.41. The topological polar surface area (TPSA) is 52.9 Å². The van der Waals surface area contributed by atoms with E-state index in [0.717, 1.165) is 12.8 Å². The zero-order chi connectivity index (χ0) is 13.0. The molecule has 1 amide bonds. The Morgan fingerprint density at radius 2 is 1.89 bits per heavy atom. The van der Waals surface area contributed by atoms with Gasteiger partial charge in [0.25, 0.3) is 5.91 Å². The van der Waals surface area contributed by atoms with E-state index in [1.165, 1.54) is 0 Å². The van der Waals surface area contributed by atoms with Crippen LogP contribution in [0.4, 0.5) is 5.69 Å². The van der Waals surface area contributed by atoms with Crippen molar-refractivity contribution in [1.82, 2.24) is 0 Å². The molecule has 0 saturated carbocycles. The first-order valence-electron chi connectivity index (χ1n) is 5.90. The summed E-state index contributed by atoms with van der Waals surface area (Å²) in [6.45, 7) is 0. The number of nitrogens with zero attached hydrogens (tertiary/aromatic N) is 1. The normalized spacial score (nSPS) is 15.1. The summed E-state index contributed by atoms with van der Waals surface area (Å²) in [4.78, 5) is 12.1. The molecule has 4 heteroatoms. The molecule has 1 aliphatic rings. The van der Waals surface area contributed by atoms with E-state index in [1.54, 1.807) is 24.3 Å². The molecule has 92 valence electrons. The summed E-state index contributed by atoms with van der Waals surface area (Å²) < 4.78 is 0. The quantitative estimate of drug-likeness (QED) is 0.882. The number of anilines is 1. The van der Waals surface area contributed by atoms with Crippen molar-refractivity contribution in [2.45, 2.75) is 25.7 Å². The van der Waals surface area contributed by atoms with Gasteiger partial charge in [-0.1, -0.05) is 11.6 Å². The first-order chi connectivity index (χ1) is 8.70. The minimum Gasteiger partial charge on any atom is -0.322 e. The van der Waals surface area contributed by atoms with Crippen molar-refractivity contribution in [3.05, 3.63) is 40.4 Å². The molecule has 0 atom stereocenters. The molecule has 0 unspecified atom stereocenters. The van der Waals surface area contributed by atoms with Gasteiger partial charge in [0.2, 0.25) is 0 Å². The van der Waals surface area contributed by atoms with Crippen LogP contribution in [0.2, 0.25) is 5.02 Å². The number of allylic oxidation sites excluding steroid dienone is 1. The van der Waals surface area contributed by atoms with Crippen LogP contribution in [-0.4, -0.2) is 5.91 Å². The predicted molar refractivity (Wildman–Crippen MR) is 71.2 cm³/mol. The maximum atomic E-state index is 12.1. The molecule has 0 aliphatic heterocycles. The number of hydrogen-bond donors (Lipinski definition) is 1. The van der Waals surface area contributed by atoms with Crippen LogP contribution >= 0.6 is 11.6 Å². The van der Waals surface area contributed by atoms with Crippen LogP contribution in [0.5, 0.6) is 0 Å². The summed E-state index contributed by atoms with van der Waals surface area (Å²) in [5.74, 6) is -0.173. The summed E-state index contributed by atoms with van der Waals surface area (Å²) in [5, 5.41) is 12.4. The Kier molecular flexibility index (Phi) is 4.01. The number of rotatable bonds is 2. The Labute approximate surface area is 111 Å². The van der Waals surface area contributed by atoms with Gasteiger partial charge in [0.1, 0.15) is 0 Å². The number of benzene rings is 1. The van der Waals surface area contributed by atoms with E-state index < -0.39 is 0 Å². The summed E-state index contributed by atoms with van der Waals surface area (Å²) in [6.07, 6.45) is 3.34. The van der Waals surface area contributed by atoms with E-state index in [1.807, 2.05) is 0 Å². The molecule has 0 saturated heterocycles. The van der Waals surface area contributed by atoms with Crippen LogP contribution in [0.25, 0.3) is 0 Å². The number of nitrogens with one attached hydrogen (secondary N) is 1. The Hall–Kier alpha value is -1.79. The molecule has 1 aromatic carbocycles. The third kappa shape index (κ3) is 2.91. The second-order valence-electron chi connectivity index (χ2n) is 4.24. The van der Waals surface area contributed by atoms with E-state index >= 15 is 0 Å². The summed E-state index contributed by atoms with van der Waals surface area (Å²) in [7, 11) is 0. The second-order valence-corrected chi connectivity index (χ2v) is 4.67. The van der Waals surface area contributed by atoms with Gasteiger partial charge in [-0.05, 0) is 49.9 Å². The SMILES string of the molecule is N#CC1=C(C(=O)Nc2ccc(Cl)cc2)CCCC1. The monoisotopic (exact) mass is 260 g/mol. The van der Waals surface area contributed by atoms with Crippen molar-refractivity contribution >= 4 is 23.2 Å². The average molecular weight is 261 g/mol. The van der Waals surface area contributed by atoms with E-state index in [4.69, 9.17) is 16.9 Å². The van der Waals surface area contributed by atoms with Crippen LogP contribution in [0, 0.1) is 11.3 Å². The van der Waals surface area contributed by atoms with Crippen molar-refractivity contribution in [3.63, 3.8) is 0 Å². The number of hydrogen-bond acceptors (Lipinski definition) is 2. The van der Waals surface area contributed by atoms with Crippen LogP contribution in [-0.2, 0) is 4.79 Å². The Morgan fingerprint density at radius 1 is 1.22 bits per heavy atom. The summed E-state index contributed by atoms with van der Waals surface area (Å²) >= 11 is 5.78. The van der Waals surface area contributed by atoms with Gasteiger partial charge in [0.05, 0.1) is 6.07 Å². The lowest BCUT2D eigenvalue weighted by atomic mass is 9.92. The second kappa shape index (κ2) is 5.70. The fourth-order valence-electron chi connectivity index (χ4n) is 2.02. The van der Waals surface area contributed by atoms with Gasteiger partial charge in [0.15, 0.2) is 0 Å². The fourth-order valence-corrected chi connectivity index (χ4v) is 2.15. The van der Waals surface area contributed by atoms with Crippen LogP contribution in [0.3, 0.4) is 0 Å². The lowest BCUT2D eigenvalue weighted by Gasteiger charge is -2.15. The lowest BCUT2D eigenvalue weighted by molar-refractivity contribution is -0.113. The molecular weight excluding hydrogens is 248 g/mol. The number of carbonyl (C=O) groups excluding carboxylic acids is 1. The molecule has 0 bridgehead atoms. The third-order valence-corrected chi connectivity index (χ3v) is 3.23. The molecule has 1 aromatic rings. The zero-order valence-electron chi connectivity index (χ0n) is 9.87. The van der Waals surface area contributed by atoms with E-state index in [0.29, 0.717) is 34.7 Å². The van der Waals surface area contributed by atoms with Gasteiger partial charge in [-0.15, -0.1) is 0 Å². The minimum atomic E-state index is -0.173. The van der Waals surface area contributed by atoms with Crippen molar-refractivity contribution in [2.75, 3.05) is 5.32 Å². The van der Waals surface area contributed by atoms with Gasteiger partial charge in [-0.25, -0.2) is 0 Å². The molecule has 0 radical (unpaired) electrons. The summed E-state index contributed by atoms with van der Waals surface area (Å²) in [5.41, 5.74) is 1.94. The molecule has 0 fully saturated rings. The van der Waals surface area contributed by atoms with Gasteiger partial charge in [0, 0.05) is 21.9 Å². The predicted octanol–water partition coefficient (Wildman–Crippen LogP) is 3.67. The maximum Gasteiger partial charge on any atom is 0.252 e. The zero-order valence-corrected chi connectivity index (χ0v) is 10.6.